The van der Waals surface area contributed by atoms with Crippen LogP contribution in [0.2, 0.25) is 5.02 Å². The van der Waals surface area contributed by atoms with Crippen LogP contribution in [0, 0.1) is 0 Å². The predicted molar refractivity (Wildman–Crippen MR) is 349 cm³/mol. The maximum atomic E-state index is 12.8. The number of carbonyl (C=O) groups is 6. The largest absolute Gasteiger partial charge is 0.480 e. The second kappa shape index (κ2) is 31.4. The van der Waals surface area contributed by atoms with Crippen LogP contribution in [0.15, 0.2) is 158 Å². The van der Waals surface area contributed by atoms with Gasteiger partial charge in [0.05, 0.1) is 13.2 Å². The first-order valence-electron chi connectivity index (χ1n) is 26.0. The number of fused-ring (bicyclic) bond motifs is 4. The van der Waals surface area contributed by atoms with Crippen molar-refractivity contribution >= 4 is 171 Å². The van der Waals surface area contributed by atoms with Crippen LogP contribution in [0.4, 0.5) is 0 Å². The first kappa shape index (κ1) is 68.5. The number of aliphatic carboxylic acids is 2. The van der Waals surface area contributed by atoms with E-state index < -0.39 is 58.9 Å². The third-order valence-corrected chi connectivity index (χ3v) is 15.5. The summed E-state index contributed by atoms with van der Waals surface area (Å²) in [6.45, 7) is 4.35. The van der Waals surface area contributed by atoms with E-state index in [1.807, 2.05) is 24.3 Å². The number of alkyl halides is 1. The van der Waals surface area contributed by atoms with Crippen LogP contribution in [-0.2, 0) is 58.0 Å². The number of carbonyl (C=O) groups excluding carboxylic acids is 4. The summed E-state index contributed by atoms with van der Waals surface area (Å²) in [4.78, 5) is 130. The van der Waals surface area contributed by atoms with E-state index in [0.29, 0.717) is 59.9 Å². The van der Waals surface area contributed by atoms with Crippen LogP contribution in [-0.4, -0.2) is 96.7 Å². The van der Waals surface area contributed by atoms with Crippen molar-refractivity contribution in [1.29, 1.82) is 0 Å². The fourth-order valence-electron chi connectivity index (χ4n) is 8.83. The molecule has 9 aromatic rings. The van der Waals surface area contributed by atoms with Gasteiger partial charge >= 0.3 is 23.9 Å². The van der Waals surface area contributed by atoms with Crippen molar-refractivity contribution in [3.63, 3.8) is 0 Å². The highest BCUT2D eigenvalue weighted by Gasteiger charge is 2.50. The molecule has 21 nitrogen and oxygen atoms in total. The van der Waals surface area contributed by atoms with Gasteiger partial charge in [-0.15, -0.1) is 0 Å². The van der Waals surface area contributed by atoms with Gasteiger partial charge in [-0.2, -0.15) is 0 Å². The van der Waals surface area contributed by atoms with Crippen molar-refractivity contribution in [3.8, 4) is 0 Å². The molecule has 0 aliphatic rings. The SMILES string of the molecule is CCOC(=O)C(Cc1cc(=O)[nH]c2ccc(Br)cc12)(NC(C)=O)C(=O)OCC.NC(Cc1cc(=O)[nH]c2ccc(Br)cc12)C(=O)O.O=C(NC(Cc1cc(=O)[nH]c2ccc(Br)cc12)C(=O)O)c1ccc(Cl)cc1.O=c1cc(CBr)c2cc(Br)ccc2[nH]1. The molecule has 0 saturated heterocycles. The van der Waals surface area contributed by atoms with Gasteiger partial charge in [0.25, 0.3) is 5.91 Å². The van der Waals surface area contributed by atoms with Crippen LogP contribution < -0.4 is 38.6 Å². The molecule has 2 atom stereocenters. The van der Waals surface area contributed by atoms with E-state index >= 15 is 0 Å². The average Bonchev–Trinajstić information content (AvgIpc) is 2.81. The van der Waals surface area contributed by atoms with Crippen molar-refractivity contribution in [2.75, 3.05) is 13.2 Å². The van der Waals surface area contributed by atoms with Gasteiger partial charge in [-0.1, -0.05) is 91.3 Å². The van der Waals surface area contributed by atoms with Crippen LogP contribution in [0.25, 0.3) is 43.6 Å². The lowest BCUT2D eigenvalue weighted by molar-refractivity contribution is -0.168. The van der Waals surface area contributed by atoms with Gasteiger partial charge in [0.2, 0.25) is 33.7 Å². The first-order chi connectivity index (χ1) is 41.2. The maximum absolute atomic E-state index is 12.8. The number of esters is 2. The summed E-state index contributed by atoms with van der Waals surface area (Å²) >= 11 is 22.7. The number of carboxylic acid groups (broad SMARTS) is 2. The number of nitrogens with one attached hydrogen (secondary N) is 6. The molecule has 454 valence electrons. The maximum Gasteiger partial charge on any atom is 0.344 e. The number of rotatable bonds is 16. The number of aromatic nitrogens is 4. The summed E-state index contributed by atoms with van der Waals surface area (Å²) in [7, 11) is 0. The molecule has 0 bridgehead atoms. The molecule has 0 spiro atoms. The highest BCUT2D eigenvalue weighted by molar-refractivity contribution is 9.11. The normalized spacial score (nSPS) is 11.6. The van der Waals surface area contributed by atoms with Gasteiger partial charge in [0, 0.05) is 121 Å². The average molecular weight is 1530 g/mol. The minimum absolute atomic E-state index is 0.00123. The summed E-state index contributed by atoms with van der Waals surface area (Å²) in [5.41, 5.74) is 7.81. The van der Waals surface area contributed by atoms with E-state index in [2.05, 4.69) is 110 Å². The Hall–Kier alpha value is -7.59. The minimum atomic E-state index is -2.11. The van der Waals surface area contributed by atoms with Crippen LogP contribution in [0.1, 0.15) is 53.4 Å². The summed E-state index contributed by atoms with van der Waals surface area (Å²) in [5, 5.41) is 27.6. The Labute approximate surface area is 540 Å². The van der Waals surface area contributed by atoms with Gasteiger partial charge in [-0.25, -0.2) is 14.4 Å². The molecule has 2 amide bonds. The summed E-state index contributed by atoms with van der Waals surface area (Å²) in [6, 6.07) is 31.2. The molecule has 27 heteroatoms. The second-order valence-electron chi connectivity index (χ2n) is 19.0. The van der Waals surface area contributed by atoms with E-state index in [0.717, 1.165) is 39.7 Å². The van der Waals surface area contributed by atoms with Crippen molar-refractivity contribution < 1.29 is 48.5 Å². The van der Waals surface area contributed by atoms with Gasteiger partial charge in [0.15, 0.2) is 0 Å². The van der Waals surface area contributed by atoms with Crippen molar-refractivity contribution in [1.82, 2.24) is 30.6 Å². The number of hydrogen-bond donors (Lipinski definition) is 9. The van der Waals surface area contributed by atoms with E-state index in [9.17, 15) is 53.1 Å². The van der Waals surface area contributed by atoms with Gasteiger partial charge < -0.3 is 56.0 Å². The molecular weight excluding hydrogens is 1480 g/mol. The number of aromatic amines is 4. The Morgan fingerprint density at radius 2 is 0.920 bits per heavy atom. The molecular formula is C60H53Br5ClN7O14. The Bertz CT molecular complexity index is 4310. The highest BCUT2D eigenvalue weighted by atomic mass is 79.9. The van der Waals surface area contributed by atoms with E-state index in [4.69, 9.17) is 31.9 Å². The molecule has 0 saturated carbocycles. The Morgan fingerprint density at radius 3 is 1.29 bits per heavy atom. The third kappa shape index (κ3) is 18.7. The van der Waals surface area contributed by atoms with Crippen molar-refractivity contribution in [3.05, 3.63) is 213 Å². The predicted octanol–water partition coefficient (Wildman–Crippen LogP) is 9.63. The molecule has 2 unspecified atom stereocenters. The lowest BCUT2D eigenvalue weighted by Crippen LogP contribution is -2.62. The zero-order valence-corrected chi connectivity index (χ0v) is 54.8. The Balaban J connectivity index is 0.000000191. The first-order valence-corrected chi connectivity index (χ1v) is 30.6. The molecule has 5 aromatic carbocycles. The molecule has 4 aromatic heterocycles. The van der Waals surface area contributed by atoms with Crippen molar-refractivity contribution in [2.24, 2.45) is 5.73 Å². The fourth-order valence-corrected chi connectivity index (χ4v) is 10.9. The second-order valence-corrected chi connectivity index (χ2v) is 23.6. The minimum Gasteiger partial charge on any atom is -0.480 e. The summed E-state index contributed by atoms with van der Waals surface area (Å²) in [6.07, 6.45) is -0.223. The Morgan fingerprint density at radius 1 is 0.552 bits per heavy atom. The lowest BCUT2D eigenvalue weighted by atomic mass is 9.88. The van der Waals surface area contributed by atoms with Crippen molar-refractivity contribution in [2.45, 2.75) is 63.0 Å². The molecule has 87 heavy (non-hydrogen) atoms. The molecule has 0 aliphatic heterocycles. The standard InChI is InChI=1S/C19H14BrClN2O4.C19H21BrN2O6.C12H11BrN2O3.C10H7Br2NO/c20-12-3-6-15-14(9-12)11(8-17(24)22-15)7-16(19(26)27)23-18(25)10-1-4-13(21)5-2-10;1-4-27-17(25)19(22-11(3)23,18(26)28-5-2)10-12-8-16(24)21-15-7-6-13(20)9-14(12)15;13-7-1-2-10-8(5-7)6(4-11(16)15-10)3-9(14)12(17)18;11-5-6-3-10(14)13-9-2-1-7(12)4-8(6)9/h1-6,8-9,16H,7H2,(H,22,24)(H,23,25)(H,26,27);6-9H,4-5,10H2,1-3H3,(H,21,24)(H,22,23);1-2,4-5,9H,3,14H2,(H,15,16)(H,17,18);1-4H,5H2,(H,13,14). The zero-order chi connectivity index (χ0) is 63.9. The number of pyridine rings is 4. The summed E-state index contributed by atoms with van der Waals surface area (Å²) < 4.78 is 13.5. The van der Waals surface area contributed by atoms with E-state index in [-0.39, 0.29) is 49.2 Å². The lowest BCUT2D eigenvalue weighted by Gasteiger charge is -2.30. The monoisotopic (exact) mass is 1520 g/mol. The molecule has 0 aliphatic carbocycles. The Kier molecular flexibility index (Phi) is 24.7. The van der Waals surface area contributed by atoms with E-state index in [1.165, 1.54) is 37.3 Å². The molecule has 10 N–H and O–H groups in total. The zero-order valence-electron chi connectivity index (χ0n) is 46.1. The van der Waals surface area contributed by atoms with Crippen LogP contribution >= 0.6 is 91.3 Å². The molecule has 9 rings (SSSR count). The number of halogens is 6. The number of ether oxygens (including phenoxy) is 2. The van der Waals surface area contributed by atoms with Crippen LogP contribution in [0.3, 0.4) is 0 Å². The topological polar surface area (TPSA) is 343 Å². The smallest absolute Gasteiger partial charge is 0.344 e. The quantitative estimate of drug-likeness (QED) is 0.0247. The summed E-state index contributed by atoms with van der Waals surface area (Å²) in [5.74, 6) is -5.33. The van der Waals surface area contributed by atoms with Gasteiger partial charge in [0.1, 0.15) is 12.1 Å². The van der Waals surface area contributed by atoms with Gasteiger partial charge in [-0.3, -0.25) is 33.6 Å². The van der Waals surface area contributed by atoms with E-state index in [1.54, 1.807) is 80.6 Å². The van der Waals surface area contributed by atoms with Gasteiger partial charge in [-0.05, 0) is 140 Å². The third-order valence-electron chi connectivity index (χ3n) is 12.7. The number of amides is 2. The number of carboxylic acids is 2. The van der Waals surface area contributed by atoms with Crippen LogP contribution in [0.5, 0.6) is 0 Å². The fraction of sp³-hybridized carbons (Fsp3) is 0.200. The number of H-pyrrole nitrogens is 4. The number of nitrogens with two attached hydrogens (primary N) is 1. The number of benzene rings is 5. The number of hydrogen-bond acceptors (Lipinski definition) is 13. The molecule has 0 fully saturated rings. The molecule has 4 heterocycles. The molecule has 0 radical (unpaired) electrons. The highest BCUT2D eigenvalue weighted by Crippen LogP contribution is 2.28.